The Balaban J connectivity index is 1.23. The standard InChI is InChI=1S/C42H53N3O7/c1-22(2)50-39(48)29-18-27-17-26(25-11-14-44(15-12-25)40(49)52-41(5,6)7)21-45(27)36(24(29)4)23(3)28-20-34(47)37-35-30(28)19-32-31-9-10-33(46)38(51-37)42(31,35)13-16-43(32)8/h9-10,17-18,20-23,25,31-33,38,46-47H,11-16,19H2,1-8H3/t23?,31-,32+,33-,38-,42-/m0/s1. The van der Waals surface area contributed by atoms with E-state index in [1.54, 1.807) is 4.90 Å². The van der Waals surface area contributed by atoms with Crippen molar-refractivity contribution >= 4 is 17.6 Å². The highest BCUT2D eigenvalue weighted by molar-refractivity contribution is 5.93. The Kier molecular flexibility index (Phi) is 8.26. The molecule has 2 aliphatic carbocycles. The van der Waals surface area contributed by atoms with E-state index >= 15 is 0 Å². The van der Waals surface area contributed by atoms with Gasteiger partial charge in [0.1, 0.15) is 17.8 Å². The van der Waals surface area contributed by atoms with Gasteiger partial charge < -0.3 is 38.6 Å². The van der Waals surface area contributed by atoms with E-state index in [0.717, 1.165) is 60.1 Å². The quantitative estimate of drug-likeness (QED) is 0.225. The third-order valence-electron chi connectivity index (χ3n) is 12.6. The van der Waals surface area contributed by atoms with Crippen molar-refractivity contribution in [3.05, 3.63) is 75.6 Å². The highest BCUT2D eigenvalue weighted by Crippen LogP contribution is 2.63. The van der Waals surface area contributed by atoms with Crippen LogP contribution in [0.25, 0.3) is 5.52 Å². The lowest BCUT2D eigenvalue weighted by atomic mass is 9.52. The molecule has 0 radical (unpaired) electrons. The molecule has 2 N–H and O–H groups in total. The number of nitrogens with zero attached hydrogens (tertiary/aromatic N) is 3. The summed E-state index contributed by atoms with van der Waals surface area (Å²) in [5.41, 5.74) is 6.73. The SMILES string of the molecule is Cc1c(C(=O)OC(C)C)cc2cc(C3CCN(C(=O)OC(C)(C)C)CC3)cn2c1C(C)c1cc(O)c2c3c1C[C@@H]1[C@@H]4C=C[C@H](O)[C@H](O2)[C@]34CCN1C. The zero-order valence-electron chi connectivity index (χ0n) is 31.7. The summed E-state index contributed by atoms with van der Waals surface area (Å²) in [5.74, 6) is 0.466. The number of ether oxygens (including phenoxy) is 3. The van der Waals surface area contributed by atoms with E-state index in [4.69, 9.17) is 14.2 Å². The van der Waals surface area contributed by atoms with Crippen LogP contribution in [-0.4, -0.2) is 93.1 Å². The maximum absolute atomic E-state index is 13.7. The van der Waals surface area contributed by atoms with E-state index in [-0.39, 0.29) is 47.7 Å². The Morgan fingerprint density at radius 2 is 1.79 bits per heavy atom. The minimum atomic E-state index is -0.751. The van der Waals surface area contributed by atoms with Gasteiger partial charge in [-0.15, -0.1) is 0 Å². The number of benzene rings is 1. The molecule has 1 amide bonds. The molecule has 8 rings (SSSR count). The zero-order chi connectivity index (χ0) is 37.0. The molecule has 2 aromatic heterocycles. The first-order valence-electron chi connectivity index (χ1n) is 19.1. The van der Waals surface area contributed by atoms with Crippen LogP contribution in [0, 0.1) is 12.8 Å². The maximum atomic E-state index is 13.7. The van der Waals surface area contributed by atoms with Crippen LogP contribution in [0.2, 0.25) is 0 Å². The van der Waals surface area contributed by atoms with E-state index in [2.05, 4.69) is 41.6 Å². The highest BCUT2D eigenvalue weighted by atomic mass is 16.6. The topological polar surface area (TPSA) is 113 Å². The molecule has 10 nitrogen and oxygen atoms in total. The van der Waals surface area contributed by atoms with Gasteiger partial charge in [0.2, 0.25) is 0 Å². The maximum Gasteiger partial charge on any atom is 0.410 e. The number of amides is 1. The normalized spacial score (nSPS) is 27.5. The second-order valence-corrected chi connectivity index (χ2v) is 17.2. The van der Waals surface area contributed by atoms with Crippen molar-refractivity contribution in [1.29, 1.82) is 0 Å². The Morgan fingerprint density at radius 3 is 2.48 bits per heavy atom. The third kappa shape index (κ3) is 5.34. The van der Waals surface area contributed by atoms with E-state index in [1.165, 1.54) is 11.1 Å². The number of aliphatic hydroxyl groups excluding tert-OH is 1. The summed E-state index contributed by atoms with van der Waals surface area (Å²) in [6, 6.07) is 6.22. The van der Waals surface area contributed by atoms with E-state index in [9.17, 15) is 19.8 Å². The predicted molar refractivity (Wildman–Crippen MR) is 198 cm³/mol. The molecule has 6 atom stereocenters. The van der Waals surface area contributed by atoms with Crippen LogP contribution >= 0.6 is 0 Å². The first kappa shape index (κ1) is 35.0. The molecular formula is C42H53N3O7. The van der Waals surface area contributed by atoms with Gasteiger partial charge in [-0.25, -0.2) is 9.59 Å². The number of aromatic nitrogens is 1. The molecule has 3 aliphatic heterocycles. The molecule has 0 saturated carbocycles. The molecule has 1 unspecified atom stereocenters. The number of pyridine rings is 1. The van der Waals surface area contributed by atoms with Crippen LogP contribution in [0.5, 0.6) is 11.5 Å². The van der Waals surface area contributed by atoms with Gasteiger partial charge >= 0.3 is 12.1 Å². The number of piperidine rings is 2. The third-order valence-corrected chi connectivity index (χ3v) is 12.6. The first-order valence-corrected chi connectivity index (χ1v) is 19.1. The Morgan fingerprint density at radius 1 is 1.06 bits per heavy atom. The summed E-state index contributed by atoms with van der Waals surface area (Å²) in [6.07, 6.45) is 7.79. The lowest BCUT2D eigenvalue weighted by molar-refractivity contribution is -0.0454. The first-order chi connectivity index (χ1) is 24.6. The van der Waals surface area contributed by atoms with Crippen molar-refractivity contribution in [2.75, 3.05) is 26.7 Å². The fraction of sp³-hybridized carbons (Fsp3) is 0.571. The highest BCUT2D eigenvalue weighted by Gasteiger charge is 2.64. The summed E-state index contributed by atoms with van der Waals surface area (Å²) in [6.45, 7) is 15.7. The number of aliphatic hydroxyl groups is 1. The van der Waals surface area contributed by atoms with Gasteiger partial charge in [0, 0.05) is 59.4 Å². The summed E-state index contributed by atoms with van der Waals surface area (Å²) in [4.78, 5) is 30.7. The molecule has 2 bridgehead atoms. The number of phenols is 1. The lowest BCUT2D eigenvalue weighted by Gasteiger charge is -2.56. The number of likely N-dealkylation sites (N-methyl/N-ethyl adjacent to an activating group) is 1. The molecule has 52 heavy (non-hydrogen) atoms. The molecule has 5 aliphatic rings. The second kappa shape index (κ2) is 12.3. The summed E-state index contributed by atoms with van der Waals surface area (Å²) in [5, 5.41) is 22.9. The molecule has 278 valence electrons. The van der Waals surface area contributed by atoms with Crippen molar-refractivity contribution in [3.63, 3.8) is 0 Å². The Hall–Kier alpha value is -4.02. The summed E-state index contributed by atoms with van der Waals surface area (Å²) >= 11 is 0. The number of fused-ring (bicyclic) bond motifs is 1. The number of esters is 1. The largest absolute Gasteiger partial charge is 0.504 e. The van der Waals surface area contributed by atoms with Crippen LogP contribution in [0.4, 0.5) is 4.79 Å². The lowest BCUT2D eigenvalue weighted by Crippen LogP contribution is -2.64. The van der Waals surface area contributed by atoms with Crippen molar-refractivity contribution in [3.8, 4) is 11.5 Å². The van der Waals surface area contributed by atoms with Crippen molar-refractivity contribution < 1.29 is 34.0 Å². The van der Waals surface area contributed by atoms with Gasteiger partial charge in [-0.2, -0.15) is 0 Å². The monoisotopic (exact) mass is 711 g/mol. The number of likely N-dealkylation sites (tertiary alicyclic amines) is 2. The molecule has 2 fully saturated rings. The van der Waals surface area contributed by atoms with Crippen LogP contribution < -0.4 is 4.74 Å². The fourth-order valence-corrected chi connectivity index (χ4v) is 10.2. The van der Waals surface area contributed by atoms with Crippen molar-refractivity contribution in [1.82, 2.24) is 14.2 Å². The number of hydrogen-bond donors (Lipinski definition) is 2. The number of hydrogen-bond acceptors (Lipinski definition) is 8. The molecule has 5 heterocycles. The van der Waals surface area contributed by atoms with E-state index < -0.39 is 23.2 Å². The summed E-state index contributed by atoms with van der Waals surface area (Å²) < 4.78 is 20.2. The minimum absolute atomic E-state index is 0.0990. The smallest absolute Gasteiger partial charge is 0.410 e. The molecular weight excluding hydrogens is 658 g/mol. The van der Waals surface area contributed by atoms with Crippen molar-refractivity contribution in [2.45, 2.75) is 121 Å². The van der Waals surface area contributed by atoms with Crippen LogP contribution in [0.1, 0.15) is 117 Å². The number of rotatable bonds is 5. The number of aromatic hydroxyl groups is 1. The van der Waals surface area contributed by atoms with Crippen LogP contribution in [0.3, 0.4) is 0 Å². The molecule has 3 aromatic rings. The average molecular weight is 712 g/mol. The van der Waals surface area contributed by atoms with Gasteiger partial charge in [0.15, 0.2) is 11.5 Å². The van der Waals surface area contributed by atoms with E-state index in [0.29, 0.717) is 24.4 Å². The molecule has 1 aromatic carbocycles. The zero-order valence-corrected chi connectivity index (χ0v) is 31.7. The van der Waals surface area contributed by atoms with E-state index in [1.807, 2.05) is 59.8 Å². The number of carbonyl (C=O) groups excluding carboxylic acids is 2. The van der Waals surface area contributed by atoms with Gasteiger partial charge in [0.05, 0.1) is 11.7 Å². The molecule has 2 saturated heterocycles. The van der Waals surface area contributed by atoms with Crippen molar-refractivity contribution in [2.24, 2.45) is 5.92 Å². The molecule has 1 spiro atoms. The number of phenolic OH excluding ortho intramolecular Hbond substituents is 1. The molecule has 10 heteroatoms. The Bertz CT molecular complexity index is 1980. The van der Waals surface area contributed by atoms with Gasteiger partial charge in [-0.1, -0.05) is 19.1 Å². The van der Waals surface area contributed by atoms with Crippen LogP contribution in [0.15, 0.2) is 36.5 Å². The summed E-state index contributed by atoms with van der Waals surface area (Å²) in [7, 11) is 2.19. The average Bonchev–Trinajstić information content (AvgIpc) is 3.66. The predicted octanol–water partition coefficient (Wildman–Crippen LogP) is 6.59. The van der Waals surface area contributed by atoms with Gasteiger partial charge in [-0.3, -0.25) is 0 Å². The Labute approximate surface area is 306 Å². The minimum Gasteiger partial charge on any atom is -0.504 e. The fourth-order valence-electron chi connectivity index (χ4n) is 10.2. The van der Waals surface area contributed by atoms with Crippen LogP contribution in [-0.2, 0) is 21.3 Å². The number of carbonyl (C=O) groups is 2. The van der Waals surface area contributed by atoms with Gasteiger partial charge in [-0.05, 0) is 127 Å². The second-order valence-electron chi connectivity index (χ2n) is 17.2. The van der Waals surface area contributed by atoms with Gasteiger partial charge in [0.25, 0.3) is 0 Å².